The van der Waals surface area contributed by atoms with Crippen molar-refractivity contribution >= 4 is 40.9 Å². The normalized spacial score (nSPS) is 10.8. The Morgan fingerprint density at radius 1 is 1.19 bits per heavy atom. The van der Waals surface area contributed by atoms with E-state index in [0.717, 1.165) is 5.56 Å². The molecule has 140 valence electrons. The van der Waals surface area contributed by atoms with Crippen molar-refractivity contribution < 1.29 is 13.7 Å². The molecular formula is C18H14Cl2FN3O2S. The molecular weight excluding hydrogens is 412 g/mol. The molecule has 0 saturated heterocycles. The summed E-state index contributed by atoms with van der Waals surface area (Å²) in [4.78, 5) is 16.1. The molecule has 0 aliphatic carbocycles. The van der Waals surface area contributed by atoms with Crippen molar-refractivity contribution in [1.29, 1.82) is 0 Å². The molecule has 0 atom stereocenters. The maximum absolute atomic E-state index is 13.7. The Bertz CT molecular complexity index is 952. The smallest absolute Gasteiger partial charge is 0.246 e. The molecule has 1 aromatic heterocycles. The topological polar surface area (TPSA) is 68.0 Å². The number of aromatic nitrogens is 2. The lowest BCUT2D eigenvalue weighted by molar-refractivity contribution is -0.118. The number of amides is 1. The molecule has 1 heterocycles. The van der Waals surface area contributed by atoms with E-state index in [1.807, 2.05) is 6.07 Å². The fourth-order valence-electron chi connectivity index (χ4n) is 2.19. The minimum Gasteiger partial charge on any atom is -0.346 e. The Labute approximate surface area is 169 Å². The molecule has 0 aliphatic heterocycles. The van der Waals surface area contributed by atoms with E-state index in [2.05, 4.69) is 15.5 Å². The summed E-state index contributed by atoms with van der Waals surface area (Å²) in [6.45, 7) is 0.113. The van der Waals surface area contributed by atoms with Gasteiger partial charge in [0, 0.05) is 21.4 Å². The lowest BCUT2D eigenvalue weighted by Crippen LogP contribution is -2.24. The minimum atomic E-state index is -0.380. The molecule has 0 aliphatic rings. The quantitative estimate of drug-likeness (QED) is 0.592. The van der Waals surface area contributed by atoms with Crippen molar-refractivity contribution in [2.24, 2.45) is 0 Å². The number of benzene rings is 2. The van der Waals surface area contributed by atoms with Crippen LogP contribution in [-0.2, 0) is 17.1 Å². The molecule has 27 heavy (non-hydrogen) atoms. The zero-order chi connectivity index (χ0) is 19.2. The molecule has 0 unspecified atom stereocenters. The van der Waals surface area contributed by atoms with Crippen LogP contribution in [0, 0.1) is 5.82 Å². The van der Waals surface area contributed by atoms with Gasteiger partial charge in [-0.05, 0) is 29.8 Å². The molecule has 9 heteroatoms. The highest BCUT2D eigenvalue weighted by molar-refractivity contribution is 7.99. The number of nitrogens with zero attached hydrogens (tertiary/aromatic N) is 2. The van der Waals surface area contributed by atoms with Gasteiger partial charge >= 0.3 is 0 Å². The van der Waals surface area contributed by atoms with E-state index in [0.29, 0.717) is 27.2 Å². The molecule has 0 radical (unpaired) electrons. The molecule has 0 saturated carbocycles. The first kappa shape index (κ1) is 19.7. The monoisotopic (exact) mass is 425 g/mol. The van der Waals surface area contributed by atoms with Gasteiger partial charge in [-0.2, -0.15) is 4.98 Å². The van der Waals surface area contributed by atoms with Gasteiger partial charge in [0.15, 0.2) is 0 Å². The lowest BCUT2D eigenvalue weighted by Gasteiger charge is -2.04. The molecule has 5 nitrogen and oxygen atoms in total. The van der Waals surface area contributed by atoms with Gasteiger partial charge in [-0.15, -0.1) is 11.8 Å². The maximum Gasteiger partial charge on any atom is 0.246 e. The van der Waals surface area contributed by atoms with Gasteiger partial charge in [0.1, 0.15) is 5.82 Å². The van der Waals surface area contributed by atoms with Crippen molar-refractivity contribution in [3.05, 3.63) is 69.8 Å². The Morgan fingerprint density at radius 2 is 2.00 bits per heavy atom. The zero-order valence-corrected chi connectivity index (χ0v) is 16.2. The summed E-state index contributed by atoms with van der Waals surface area (Å²) in [7, 11) is 0. The van der Waals surface area contributed by atoms with Crippen LogP contribution < -0.4 is 5.32 Å². The Balaban J connectivity index is 1.45. The number of hydrogen-bond acceptors (Lipinski definition) is 5. The summed E-state index contributed by atoms with van der Waals surface area (Å²) in [5.74, 6) is 0.640. The van der Waals surface area contributed by atoms with Gasteiger partial charge in [-0.3, -0.25) is 4.79 Å². The minimum absolute atomic E-state index is 0.113. The predicted octanol–water partition coefficient (Wildman–Crippen LogP) is 4.73. The summed E-state index contributed by atoms with van der Waals surface area (Å²) in [5.41, 5.74) is 1.23. The highest BCUT2D eigenvalue weighted by Crippen LogP contribution is 2.20. The van der Waals surface area contributed by atoms with E-state index in [1.54, 1.807) is 30.3 Å². The van der Waals surface area contributed by atoms with Crippen LogP contribution in [0.2, 0.25) is 10.0 Å². The number of rotatable bonds is 7. The van der Waals surface area contributed by atoms with Gasteiger partial charge in [0.2, 0.25) is 17.6 Å². The number of halogens is 3. The molecule has 0 bridgehead atoms. The molecule has 3 rings (SSSR count). The van der Waals surface area contributed by atoms with E-state index in [9.17, 15) is 9.18 Å². The first-order valence-electron chi connectivity index (χ1n) is 7.88. The van der Waals surface area contributed by atoms with Crippen molar-refractivity contribution in [1.82, 2.24) is 15.5 Å². The van der Waals surface area contributed by atoms with Crippen LogP contribution in [0.5, 0.6) is 0 Å². The molecule has 0 spiro atoms. The van der Waals surface area contributed by atoms with E-state index in [4.69, 9.17) is 27.7 Å². The standard InChI is InChI=1S/C18H14Cl2FN3O2S/c19-13-3-1-2-11(6-13)18-23-17(26-24-18)8-22-16(25)10-27-9-12-4-5-14(20)7-15(12)21/h1-7H,8-10H2,(H,22,25). The SMILES string of the molecule is O=C(CSCc1ccc(Cl)cc1F)NCc1nc(-c2cccc(Cl)c2)no1. The van der Waals surface area contributed by atoms with Crippen LogP contribution in [-0.4, -0.2) is 21.8 Å². The fraction of sp³-hybridized carbons (Fsp3) is 0.167. The summed E-state index contributed by atoms with van der Waals surface area (Å²) >= 11 is 12.9. The number of hydrogen-bond donors (Lipinski definition) is 1. The number of nitrogens with one attached hydrogen (secondary N) is 1. The van der Waals surface area contributed by atoms with Crippen LogP contribution >= 0.6 is 35.0 Å². The predicted molar refractivity (Wildman–Crippen MR) is 104 cm³/mol. The summed E-state index contributed by atoms with van der Waals surface area (Å²) in [6.07, 6.45) is 0. The average molecular weight is 426 g/mol. The van der Waals surface area contributed by atoms with Crippen LogP contribution in [0.4, 0.5) is 4.39 Å². The van der Waals surface area contributed by atoms with Crippen molar-refractivity contribution in [2.45, 2.75) is 12.3 Å². The third-order valence-corrected chi connectivity index (χ3v) is 4.95. The Hall–Kier alpha value is -2.09. The van der Waals surface area contributed by atoms with Gasteiger partial charge in [0.05, 0.1) is 12.3 Å². The molecule has 3 aromatic rings. The fourth-order valence-corrected chi connectivity index (χ4v) is 3.38. The van der Waals surface area contributed by atoms with Crippen molar-refractivity contribution in [3.8, 4) is 11.4 Å². The summed E-state index contributed by atoms with van der Waals surface area (Å²) < 4.78 is 18.8. The third-order valence-electron chi connectivity index (χ3n) is 3.49. The highest BCUT2D eigenvalue weighted by atomic mass is 35.5. The maximum atomic E-state index is 13.7. The second kappa shape index (κ2) is 9.21. The Kier molecular flexibility index (Phi) is 6.71. The molecule has 1 amide bonds. The van der Waals surface area contributed by atoms with E-state index in [1.165, 1.54) is 17.8 Å². The first-order chi connectivity index (χ1) is 13.0. The van der Waals surface area contributed by atoms with E-state index in [-0.39, 0.29) is 29.9 Å². The average Bonchev–Trinajstić information content (AvgIpc) is 3.11. The number of thioether (sulfide) groups is 1. The van der Waals surface area contributed by atoms with Crippen LogP contribution in [0.1, 0.15) is 11.5 Å². The number of carbonyl (C=O) groups excluding carboxylic acids is 1. The Morgan fingerprint density at radius 3 is 2.78 bits per heavy atom. The van der Waals surface area contributed by atoms with Crippen LogP contribution in [0.25, 0.3) is 11.4 Å². The van der Waals surface area contributed by atoms with Gasteiger partial charge in [0.25, 0.3) is 0 Å². The summed E-state index contributed by atoms with van der Waals surface area (Å²) in [5, 5.41) is 7.47. The second-order valence-corrected chi connectivity index (χ2v) is 7.39. The van der Waals surface area contributed by atoms with Gasteiger partial charge < -0.3 is 9.84 Å². The third kappa shape index (κ3) is 5.69. The van der Waals surface area contributed by atoms with Crippen molar-refractivity contribution in [3.63, 3.8) is 0 Å². The number of carbonyl (C=O) groups is 1. The first-order valence-corrected chi connectivity index (χ1v) is 9.79. The second-order valence-electron chi connectivity index (χ2n) is 5.53. The molecule has 1 N–H and O–H groups in total. The van der Waals surface area contributed by atoms with Crippen LogP contribution in [0.15, 0.2) is 47.0 Å². The van der Waals surface area contributed by atoms with Gasteiger partial charge in [-0.25, -0.2) is 4.39 Å². The summed E-state index contributed by atoms with van der Waals surface area (Å²) in [6, 6.07) is 11.6. The molecule has 2 aromatic carbocycles. The van der Waals surface area contributed by atoms with Crippen LogP contribution in [0.3, 0.4) is 0 Å². The zero-order valence-electron chi connectivity index (χ0n) is 13.9. The largest absolute Gasteiger partial charge is 0.346 e. The van der Waals surface area contributed by atoms with E-state index < -0.39 is 0 Å². The lowest BCUT2D eigenvalue weighted by atomic mass is 10.2. The highest BCUT2D eigenvalue weighted by Gasteiger charge is 2.11. The van der Waals surface area contributed by atoms with E-state index >= 15 is 0 Å². The van der Waals surface area contributed by atoms with Crippen molar-refractivity contribution in [2.75, 3.05) is 5.75 Å². The molecule has 0 fully saturated rings. The van der Waals surface area contributed by atoms with Gasteiger partial charge in [-0.1, -0.05) is 46.6 Å².